The van der Waals surface area contributed by atoms with Crippen molar-refractivity contribution in [1.82, 2.24) is 14.8 Å². The molecule has 0 saturated carbocycles. The minimum Gasteiger partial charge on any atom is -0.383 e. The predicted molar refractivity (Wildman–Crippen MR) is 72.4 cm³/mol. The lowest BCUT2D eigenvalue weighted by molar-refractivity contribution is -0.137. The van der Waals surface area contributed by atoms with Crippen molar-refractivity contribution < 1.29 is 13.2 Å². The number of hydrogen-bond donors (Lipinski definition) is 1. The molecule has 1 aliphatic rings. The van der Waals surface area contributed by atoms with Crippen LogP contribution in [0, 0.1) is 0 Å². The van der Waals surface area contributed by atoms with E-state index in [9.17, 15) is 13.2 Å². The molecule has 8 heteroatoms. The van der Waals surface area contributed by atoms with Crippen molar-refractivity contribution in [3.8, 4) is 5.82 Å². The molecular formula is C13H12ClF3N4. The fraction of sp³-hybridized carbons (Fsp3) is 0.385. The van der Waals surface area contributed by atoms with Crippen molar-refractivity contribution in [2.24, 2.45) is 0 Å². The van der Waals surface area contributed by atoms with Crippen molar-refractivity contribution >= 4 is 17.4 Å². The molecule has 0 fully saturated rings. The first-order valence-electron chi connectivity index (χ1n) is 6.47. The molecule has 2 aromatic heterocycles. The van der Waals surface area contributed by atoms with Crippen molar-refractivity contribution in [3.05, 3.63) is 34.1 Å². The van der Waals surface area contributed by atoms with Crippen LogP contribution in [0.1, 0.15) is 29.7 Å². The minimum absolute atomic E-state index is 0.122. The molecule has 0 unspecified atom stereocenters. The van der Waals surface area contributed by atoms with Gasteiger partial charge in [-0.3, -0.25) is 0 Å². The Morgan fingerprint density at radius 3 is 2.57 bits per heavy atom. The molecule has 0 aliphatic heterocycles. The molecule has 0 radical (unpaired) electrons. The molecular weight excluding hydrogens is 305 g/mol. The fourth-order valence-electron chi connectivity index (χ4n) is 2.48. The normalized spacial score (nSPS) is 15.0. The van der Waals surface area contributed by atoms with Gasteiger partial charge in [-0.2, -0.15) is 23.0 Å². The van der Waals surface area contributed by atoms with Gasteiger partial charge in [0.25, 0.3) is 0 Å². The summed E-state index contributed by atoms with van der Waals surface area (Å²) in [6.07, 6.45) is -0.0652. The minimum atomic E-state index is -4.48. The largest absolute Gasteiger partial charge is 0.417 e. The molecule has 0 aromatic carbocycles. The van der Waals surface area contributed by atoms with Crippen LogP contribution in [0.5, 0.6) is 0 Å². The van der Waals surface area contributed by atoms with Crippen molar-refractivity contribution in [2.75, 3.05) is 5.73 Å². The van der Waals surface area contributed by atoms with E-state index in [2.05, 4.69) is 10.1 Å². The summed E-state index contributed by atoms with van der Waals surface area (Å²) in [6.45, 7) is 0. The molecule has 0 saturated heterocycles. The number of alkyl halides is 3. The van der Waals surface area contributed by atoms with Gasteiger partial charge in [-0.1, -0.05) is 11.6 Å². The zero-order valence-electron chi connectivity index (χ0n) is 10.9. The van der Waals surface area contributed by atoms with Crippen LogP contribution in [0.2, 0.25) is 5.02 Å². The SMILES string of the molecule is Nc1c2c(nn1-c1ncc(C(F)(F)F)cc1Cl)CCCC2. The van der Waals surface area contributed by atoms with E-state index in [0.29, 0.717) is 5.82 Å². The standard InChI is InChI=1S/C13H12ClF3N4/c14-9-5-7(13(15,16)17)6-19-12(9)21-11(18)8-3-1-2-4-10(8)20-21/h5-6H,1-4,18H2. The maximum absolute atomic E-state index is 12.6. The number of rotatable bonds is 1. The van der Waals surface area contributed by atoms with Crippen LogP contribution in [0.25, 0.3) is 5.82 Å². The van der Waals surface area contributed by atoms with Gasteiger partial charge in [0.05, 0.1) is 16.3 Å². The maximum Gasteiger partial charge on any atom is 0.417 e. The van der Waals surface area contributed by atoms with Crippen LogP contribution in [-0.4, -0.2) is 14.8 Å². The molecule has 1 aliphatic carbocycles. The Hall–Kier alpha value is -1.76. The third-order valence-corrected chi connectivity index (χ3v) is 3.82. The van der Waals surface area contributed by atoms with Gasteiger partial charge in [-0.15, -0.1) is 0 Å². The van der Waals surface area contributed by atoms with E-state index in [1.807, 2.05) is 0 Å². The second kappa shape index (κ2) is 4.91. The Morgan fingerprint density at radius 2 is 1.95 bits per heavy atom. The molecule has 4 nitrogen and oxygen atoms in total. The Kier molecular flexibility index (Phi) is 3.32. The van der Waals surface area contributed by atoms with Crippen LogP contribution in [0.15, 0.2) is 12.3 Å². The summed E-state index contributed by atoms with van der Waals surface area (Å²) in [6, 6.07) is 0.837. The highest BCUT2D eigenvalue weighted by molar-refractivity contribution is 6.32. The van der Waals surface area contributed by atoms with Gasteiger partial charge in [0.1, 0.15) is 5.82 Å². The van der Waals surface area contributed by atoms with E-state index in [4.69, 9.17) is 17.3 Å². The third-order valence-electron chi connectivity index (χ3n) is 3.55. The van der Waals surface area contributed by atoms with Crippen LogP contribution in [0.4, 0.5) is 19.0 Å². The lowest BCUT2D eigenvalue weighted by atomic mass is 9.98. The summed E-state index contributed by atoms with van der Waals surface area (Å²) >= 11 is 5.93. The number of fused-ring (bicyclic) bond motifs is 1. The Labute approximate surface area is 123 Å². The number of anilines is 1. The van der Waals surface area contributed by atoms with Gasteiger partial charge < -0.3 is 5.73 Å². The number of halogens is 4. The van der Waals surface area contributed by atoms with Crippen molar-refractivity contribution in [2.45, 2.75) is 31.9 Å². The highest BCUT2D eigenvalue weighted by atomic mass is 35.5. The van der Waals surface area contributed by atoms with Crippen LogP contribution in [0.3, 0.4) is 0 Å². The Balaban J connectivity index is 2.07. The number of nitrogens with zero attached hydrogens (tertiary/aromatic N) is 3. The van der Waals surface area contributed by atoms with E-state index in [1.54, 1.807) is 0 Å². The molecule has 0 atom stereocenters. The zero-order valence-corrected chi connectivity index (χ0v) is 11.7. The van der Waals surface area contributed by atoms with Gasteiger partial charge in [-0.25, -0.2) is 4.98 Å². The number of aromatic nitrogens is 3. The summed E-state index contributed by atoms with van der Waals surface area (Å²) in [4.78, 5) is 3.79. The van der Waals surface area contributed by atoms with Gasteiger partial charge in [-0.05, 0) is 31.7 Å². The van der Waals surface area contributed by atoms with E-state index < -0.39 is 11.7 Å². The number of hydrogen-bond acceptors (Lipinski definition) is 3. The first kappa shape index (κ1) is 14.2. The second-order valence-electron chi connectivity index (χ2n) is 4.96. The van der Waals surface area contributed by atoms with Gasteiger partial charge in [0.15, 0.2) is 5.82 Å². The number of nitrogen functional groups attached to an aromatic ring is 1. The second-order valence-corrected chi connectivity index (χ2v) is 5.36. The highest BCUT2D eigenvalue weighted by Gasteiger charge is 2.32. The van der Waals surface area contributed by atoms with Gasteiger partial charge in [0, 0.05) is 11.8 Å². The molecule has 2 aromatic rings. The Morgan fingerprint density at radius 1 is 1.24 bits per heavy atom. The number of pyridine rings is 1. The van der Waals surface area contributed by atoms with E-state index in [0.717, 1.165) is 49.2 Å². The zero-order chi connectivity index (χ0) is 15.2. The van der Waals surface area contributed by atoms with Gasteiger partial charge in [0.2, 0.25) is 0 Å². The molecule has 3 rings (SSSR count). The average molecular weight is 317 g/mol. The lowest BCUT2D eigenvalue weighted by Crippen LogP contribution is -2.10. The topological polar surface area (TPSA) is 56.7 Å². The lowest BCUT2D eigenvalue weighted by Gasteiger charge is -2.10. The third kappa shape index (κ3) is 2.46. The Bertz CT molecular complexity index is 693. The molecule has 21 heavy (non-hydrogen) atoms. The molecule has 0 spiro atoms. The average Bonchev–Trinajstić information content (AvgIpc) is 2.75. The smallest absolute Gasteiger partial charge is 0.383 e. The summed E-state index contributed by atoms with van der Waals surface area (Å²) in [7, 11) is 0. The molecule has 112 valence electrons. The number of nitrogens with two attached hydrogens (primary N) is 1. The number of aryl methyl sites for hydroxylation is 1. The van der Waals surface area contributed by atoms with Crippen LogP contribution in [-0.2, 0) is 19.0 Å². The van der Waals surface area contributed by atoms with E-state index >= 15 is 0 Å². The summed E-state index contributed by atoms with van der Waals surface area (Å²) in [5.41, 5.74) is 6.95. The van der Waals surface area contributed by atoms with E-state index in [-0.39, 0.29) is 10.8 Å². The van der Waals surface area contributed by atoms with Crippen LogP contribution >= 0.6 is 11.6 Å². The van der Waals surface area contributed by atoms with Crippen LogP contribution < -0.4 is 5.73 Å². The quantitative estimate of drug-likeness (QED) is 0.877. The van der Waals surface area contributed by atoms with Gasteiger partial charge >= 0.3 is 6.18 Å². The summed E-state index contributed by atoms with van der Waals surface area (Å²) in [5.74, 6) is 0.524. The summed E-state index contributed by atoms with van der Waals surface area (Å²) in [5, 5.41) is 4.21. The first-order valence-corrected chi connectivity index (χ1v) is 6.85. The molecule has 0 bridgehead atoms. The molecule has 0 amide bonds. The first-order chi connectivity index (χ1) is 9.88. The summed E-state index contributed by atoms with van der Waals surface area (Å²) < 4.78 is 39.2. The fourth-order valence-corrected chi connectivity index (χ4v) is 2.73. The predicted octanol–water partition coefficient (Wildman–Crippen LogP) is 3.40. The molecule has 2 heterocycles. The highest BCUT2D eigenvalue weighted by Crippen LogP contribution is 2.33. The maximum atomic E-state index is 12.6. The van der Waals surface area contributed by atoms with Crippen molar-refractivity contribution in [3.63, 3.8) is 0 Å². The monoisotopic (exact) mass is 316 g/mol. The van der Waals surface area contributed by atoms with Crippen molar-refractivity contribution in [1.29, 1.82) is 0 Å². The van der Waals surface area contributed by atoms with E-state index in [1.165, 1.54) is 4.68 Å². The molecule has 2 N–H and O–H groups in total.